The highest BCUT2D eigenvalue weighted by molar-refractivity contribution is 5.84. The van der Waals surface area contributed by atoms with Crippen molar-refractivity contribution in [1.29, 1.82) is 0 Å². The summed E-state index contributed by atoms with van der Waals surface area (Å²) >= 11 is 0. The zero-order chi connectivity index (χ0) is 20.9. The molecular formula is C24H24N4O2. The maximum absolute atomic E-state index is 12.9. The molecule has 0 saturated heterocycles. The van der Waals surface area contributed by atoms with E-state index in [1.54, 1.807) is 6.92 Å². The van der Waals surface area contributed by atoms with Crippen LogP contribution in [0.25, 0.3) is 10.8 Å². The highest BCUT2D eigenvalue weighted by atomic mass is 16.5. The number of nitrogens with one attached hydrogen (secondary N) is 1. The lowest BCUT2D eigenvalue weighted by Crippen LogP contribution is -2.44. The third-order valence-corrected chi connectivity index (χ3v) is 5.05. The molecule has 30 heavy (non-hydrogen) atoms. The van der Waals surface area contributed by atoms with E-state index in [9.17, 15) is 4.79 Å². The van der Waals surface area contributed by atoms with Crippen molar-refractivity contribution >= 4 is 16.7 Å². The Morgan fingerprint density at radius 3 is 2.43 bits per heavy atom. The number of carbonyl (C=O) groups excluding carboxylic acids is 1. The fourth-order valence-corrected chi connectivity index (χ4v) is 3.50. The van der Waals surface area contributed by atoms with E-state index in [1.807, 2.05) is 48.5 Å². The van der Waals surface area contributed by atoms with Crippen molar-refractivity contribution in [2.45, 2.75) is 31.8 Å². The number of fused-ring (bicyclic) bond motifs is 1. The molecule has 1 heterocycles. The van der Waals surface area contributed by atoms with Crippen molar-refractivity contribution in [2.24, 2.45) is 5.73 Å². The average molecular weight is 400 g/mol. The van der Waals surface area contributed by atoms with Gasteiger partial charge in [-0.1, -0.05) is 78.0 Å². The van der Waals surface area contributed by atoms with Crippen LogP contribution in [-0.4, -0.2) is 22.1 Å². The summed E-state index contributed by atoms with van der Waals surface area (Å²) in [6.45, 7) is 1.75. The van der Waals surface area contributed by atoms with Gasteiger partial charge < -0.3 is 15.6 Å². The van der Waals surface area contributed by atoms with Gasteiger partial charge in [-0.05, 0) is 35.2 Å². The largest absolute Gasteiger partial charge is 0.343 e. The molecule has 4 aromatic rings. The molecular weight excluding hydrogens is 376 g/mol. The third kappa shape index (κ3) is 4.72. The van der Waals surface area contributed by atoms with Gasteiger partial charge in [0.2, 0.25) is 11.8 Å². The molecule has 2 unspecified atom stereocenters. The van der Waals surface area contributed by atoms with Crippen molar-refractivity contribution in [3.63, 3.8) is 0 Å². The summed E-state index contributed by atoms with van der Waals surface area (Å²) in [4.78, 5) is 17.2. The van der Waals surface area contributed by atoms with Gasteiger partial charge in [-0.3, -0.25) is 4.79 Å². The van der Waals surface area contributed by atoms with E-state index in [0.717, 1.165) is 21.9 Å². The molecule has 6 nitrogen and oxygen atoms in total. The van der Waals surface area contributed by atoms with E-state index in [2.05, 4.69) is 39.7 Å². The summed E-state index contributed by atoms with van der Waals surface area (Å²) < 4.78 is 5.33. The number of aryl methyl sites for hydroxylation is 1. The molecule has 2 atom stereocenters. The van der Waals surface area contributed by atoms with Crippen LogP contribution in [0.2, 0.25) is 0 Å². The van der Waals surface area contributed by atoms with Crippen LogP contribution in [0.1, 0.15) is 28.9 Å². The van der Waals surface area contributed by atoms with Crippen molar-refractivity contribution in [1.82, 2.24) is 15.5 Å². The van der Waals surface area contributed by atoms with Crippen molar-refractivity contribution in [3.05, 3.63) is 95.6 Å². The van der Waals surface area contributed by atoms with Gasteiger partial charge in [-0.2, -0.15) is 4.98 Å². The first-order valence-corrected chi connectivity index (χ1v) is 9.96. The Morgan fingerprint density at radius 2 is 1.70 bits per heavy atom. The molecule has 1 aromatic heterocycles. The van der Waals surface area contributed by atoms with Gasteiger partial charge in [-0.25, -0.2) is 0 Å². The fraction of sp³-hybridized carbons (Fsp3) is 0.208. The number of hydrogen-bond acceptors (Lipinski definition) is 5. The van der Waals surface area contributed by atoms with Crippen LogP contribution >= 0.6 is 0 Å². The molecule has 4 rings (SSSR count). The number of benzene rings is 3. The standard InChI is InChI=1S/C24H24N4O2/c1-16-26-24(30-28-16)22(15-17-7-3-2-4-8-17)27-23(29)21(25)14-18-11-12-19-9-5-6-10-20(19)13-18/h2-13,21-22H,14-15,25H2,1H3,(H,27,29). The topological polar surface area (TPSA) is 94.0 Å². The normalized spacial score (nSPS) is 13.1. The Labute approximate surface area is 175 Å². The van der Waals surface area contributed by atoms with E-state index in [4.69, 9.17) is 10.3 Å². The number of aromatic nitrogens is 2. The molecule has 0 spiro atoms. The van der Waals surface area contributed by atoms with E-state index >= 15 is 0 Å². The Balaban J connectivity index is 1.47. The molecule has 0 aliphatic carbocycles. The first kappa shape index (κ1) is 19.8. The van der Waals surface area contributed by atoms with Crippen LogP contribution in [-0.2, 0) is 17.6 Å². The van der Waals surface area contributed by atoms with Crippen LogP contribution in [0.15, 0.2) is 77.3 Å². The maximum atomic E-state index is 12.9. The molecule has 0 saturated carbocycles. The number of nitrogens with zero attached hydrogens (tertiary/aromatic N) is 2. The van der Waals surface area contributed by atoms with Crippen LogP contribution in [0.4, 0.5) is 0 Å². The summed E-state index contributed by atoms with van der Waals surface area (Å²) in [7, 11) is 0. The van der Waals surface area contributed by atoms with E-state index in [0.29, 0.717) is 24.6 Å². The van der Waals surface area contributed by atoms with Crippen LogP contribution < -0.4 is 11.1 Å². The molecule has 3 aromatic carbocycles. The Hall–Kier alpha value is -3.51. The summed E-state index contributed by atoms with van der Waals surface area (Å²) in [6.07, 6.45) is 0.981. The second-order valence-corrected chi connectivity index (χ2v) is 7.42. The maximum Gasteiger partial charge on any atom is 0.249 e. The van der Waals surface area contributed by atoms with Crippen molar-refractivity contribution in [2.75, 3.05) is 0 Å². The second-order valence-electron chi connectivity index (χ2n) is 7.42. The van der Waals surface area contributed by atoms with Crippen molar-refractivity contribution in [3.8, 4) is 0 Å². The minimum atomic E-state index is -0.687. The van der Waals surface area contributed by atoms with E-state index in [-0.39, 0.29) is 5.91 Å². The molecule has 3 N–H and O–H groups in total. The summed E-state index contributed by atoms with van der Waals surface area (Å²) in [5.41, 5.74) is 8.31. The number of rotatable bonds is 7. The quantitative estimate of drug-likeness (QED) is 0.495. The number of amides is 1. The summed E-state index contributed by atoms with van der Waals surface area (Å²) in [6, 6.07) is 23.0. The van der Waals surface area contributed by atoms with Gasteiger partial charge >= 0.3 is 0 Å². The lowest BCUT2D eigenvalue weighted by atomic mass is 10.0. The minimum Gasteiger partial charge on any atom is -0.343 e. The summed E-state index contributed by atoms with van der Waals surface area (Å²) in [5, 5.41) is 9.14. The SMILES string of the molecule is Cc1noc(C(Cc2ccccc2)NC(=O)C(N)Cc2ccc3ccccc3c2)n1. The van der Waals surface area contributed by atoms with E-state index < -0.39 is 12.1 Å². The molecule has 0 aliphatic heterocycles. The van der Waals surface area contributed by atoms with Gasteiger partial charge in [-0.15, -0.1) is 0 Å². The van der Waals surface area contributed by atoms with Crippen LogP contribution in [0.3, 0.4) is 0 Å². The predicted molar refractivity (Wildman–Crippen MR) is 116 cm³/mol. The second kappa shape index (κ2) is 8.88. The van der Waals surface area contributed by atoms with Gasteiger partial charge in [0.15, 0.2) is 5.82 Å². The van der Waals surface area contributed by atoms with Gasteiger partial charge in [0.25, 0.3) is 0 Å². The Kier molecular flexibility index (Phi) is 5.86. The first-order valence-electron chi connectivity index (χ1n) is 9.96. The van der Waals surface area contributed by atoms with Gasteiger partial charge in [0.1, 0.15) is 6.04 Å². The smallest absolute Gasteiger partial charge is 0.249 e. The molecule has 0 aliphatic rings. The van der Waals surface area contributed by atoms with Crippen LogP contribution in [0, 0.1) is 6.92 Å². The Bertz CT molecular complexity index is 1140. The zero-order valence-corrected chi connectivity index (χ0v) is 16.8. The average Bonchev–Trinajstić information content (AvgIpc) is 3.20. The lowest BCUT2D eigenvalue weighted by Gasteiger charge is -2.18. The fourth-order valence-electron chi connectivity index (χ4n) is 3.50. The lowest BCUT2D eigenvalue weighted by molar-refractivity contribution is -0.123. The van der Waals surface area contributed by atoms with Crippen molar-refractivity contribution < 1.29 is 9.32 Å². The molecule has 0 bridgehead atoms. The highest BCUT2D eigenvalue weighted by Gasteiger charge is 2.24. The molecule has 0 fully saturated rings. The monoisotopic (exact) mass is 400 g/mol. The van der Waals surface area contributed by atoms with Gasteiger partial charge in [0.05, 0.1) is 6.04 Å². The molecule has 152 valence electrons. The first-order chi connectivity index (χ1) is 14.6. The number of hydrogen-bond donors (Lipinski definition) is 2. The van der Waals surface area contributed by atoms with E-state index in [1.165, 1.54) is 0 Å². The predicted octanol–water partition coefficient (Wildman–Crippen LogP) is 3.50. The van der Waals surface area contributed by atoms with Crippen LogP contribution in [0.5, 0.6) is 0 Å². The number of carbonyl (C=O) groups is 1. The molecule has 6 heteroatoms. The third-order valence-electron chi connectivity index (χ3n) is 5.05. The molecule has 1 amide bonds. The Morgan fingerprint density at radius 1 is 0.967 bits per heavy atom. The minimum absolute atomic E-state index is 0.250. The number of nitrogens with two attached hydrogens (primary N) is 1. The van der Waals surface area contributed by atoms with Gasteiger partial charge in [0, 0.05) is 6.42 Å². The summed E-state index contributed by atoms with van der Waals surface area (Å²) in [5.74, 6) is 0.653. The highest BCUT2D eigenvalue weighted by Crippen LogP contribution is 2.19. The molecule has 0 radical (unpaired) electrons. The zero-order valence-electron chi connectivity index (χ0n) is 16.8.